The number of esters is 2. The van der Waals surface area contributed by atoms with Gasteiger partial charge < -0.3 is 14.2 Å². The van der Waals surface area contributed by atoms with E-state index in [-0.39, 0.29) is 18.5 Å². The van der Waals surface area contributed by atoms with Gasteiger partial charge in [0.2, 0.25) is 0 Å². The van der Waals surface area contributed by atoms with Crippen LogP contribution in [-0.4, -0.2) is 40.3 Å². The standard InChI is InChI=1S/C21H19N3O5/c1-3-28-20(26)21(8-9-21)19-22-17-16(27-2)7-6-15(24(17)23-19)12-4-5-14-13(10-12)11-29-18(14)25/h4-7,10H,3,8-9,11H2,1-2H3. The molecule has 2 aliphatic rings. The zero-order chi connectivity index (χ0) is 20.2. The van der Waals surface area contributed by atoms with Crippen molar-refractivity contribution in [3.05, 3.63) is 47.3 Å². The molecule has 1 aromatic carbocycles. The average Bonchev–Trinajstić information content (AvgIpc) is 3.29. The number of hydrogen-bond donors (Lipinski definition) is 0. The first kappa shape index (κ1) is 17.7. The maximum Gasteiger partial charge on any atom is 0.338 e. The number of methoxy groups -OCH3 is 1. The predicted octanol–water partition coefficient (Wildman–Crippen LogP) is 2.67. The molecule has 0 bridgehead atoms. The fourth-order valence-electron chi connectivity index (χ4n) is 3.73. The first-order valence-electron chi connectivity index (χ1n) is 9.49. The van der Waals surface area contributed by atoms with E-state index >= 15 is 0 Å². The Labute approximate surface area is 166 Å². The van der Waals surface area contributed by atoms with Crippen LogP contribution in [0.25, 0.3) is 16.9 Å². The molecule has 3 aromatic rings. The molecule has 0 N–H and O–H groups in total. The molecule has 29 heavy (non-hydrogen) atoms. The van der Waals surface area contributed by atoms with E-state index in [0.717, 1.165) is 16.8 Å². The van der Waals surface area contributed by atoms with Gasteiger partial charge in [-0.1, -0.05) is 6.07 Å². The highest BCUT2D eigenvalue weighted by Crippen LogP contribution is 2.48. The van der Waals surface area contributed by atoms with Gasteiger partial charge in [0, 0.05) is 11.1 Å². The number of fused-ring (bicyclic) bond motifs is 2. The molecule has 2 aromatic heterocycles. The quantitative estimate of drug-likeness (QED) is 0.615. The first-order chi connectivity index (χ1) is 14.1. The Balaban J connectivity index is 1.65. The van der Waals surface area contributed by atoms with Gasteiger partial charge in [-0.25, -0.2) is 14.3 Å². The third kappa shape index (κ3) is 2.59. The molecule has 0 radical (unpaired) electrons. The number of hydrogen-bond acceptors (Lipinski definition) is 7. The number of cyclic esters (lactones) is 1. The molecule has 3 heterocycles. The number of nitrogens with zero attached hydrogens (tertiary/aromatic N) is 3. The second-order valence-corrected chi connectivity index (χ2v) is 7.21. The van der Waals surface area contributed by atoms with Gasteiger partial charge in [0.15, 0.2) is 17.2 Å². The van der Waals surface area contributed by atoms with Crippen LogP contribution in [-0.2, 0) is 26.3 Å². The molecule has 0 atom stereocenters. The summed E-state index contributed by atoms with van der Waals surface area (Å²) in [5.41, 5.74) is 2.82. The Morgan fingerprint density at radius 3 is 2.83 bits per heavy atom. The minimum absolute atomic E-state index is 0.260. The summed E-state index contributed by atoms with van der Waals surface area (Å²) in [5.74, 6) is 0.414. The predicted molar refractivity (Wildman–Crippen MR) is 102 cm³/mol. The van der Waals surface area contributed by atoms with E-state index in [2.05, 4.69) is 10.1 Å². The van der Waals surface area contributed by atoms with Crippen molar-refractivity contribution in [1.29, 1.82) is 0 Å². The highest BCUT2D eigenvalue weighted by atomic mass is 16.5. The molecule has 0 unspecified atom stereocenters. The molecule has 5 rings (SSSR count). The molecule has 1 saturated carbocycles. The van der Waals surface area contributed by atoms with Crippen LogP contribution in [0, 0.1) is 0 Å². The maximum atomic E-state index is 12.5. The molecule has 0 spiro atoms. The molecule has 148 valence electrons. The van der Waals surface area contributed by atoms with Crippen molar-refractivity contribution in [1.82, 2.24) is 14.6 Å². The third-order valence-electron chi connectivity index (χ3n) is 5.49. The first-order valence-corrected chi connectivity index (χ1v) is 9.49. The summed E-state index contributed by atoms with van der Waals surface area (Å²) in [6.07, 6.45) is 1.33. The summed E-state index contributed by atoms with van der Waals surface area (Å²) in [6.45, 7) is 2.36. The van der Waals surface area contributed by atoms with Crippen LogP contribution in [0.15, 0.2) is 30.3 Å². The van der Waals surface area contributed by atoms with Gasteiger partial charge in [-0.3, -0.25) is 4.79 Å². The molecule has 8 nitrogen and oxygen atoms in total. The molecule has 8 heteroatoms. The van der Waals surface area contributed by atoms with Gasteiger partial charge >= 0.3 is 11.9 Å². The molecule has 1 fully saturated rings. The lowest BCUT2D eigenvalue weighted by atomic mass is 10.0. The maximum absolute atomic E-state index is 12.5. The minimum atomic E-state index is -0.775. The molecule has 0 saturated heterocycles. The van der Waals surface area contributed by atoms with Gasteiger partial charge in [0.05, 0.1) is 25.0 Å². The van der Waals surface area contributed by atoms with Crippen LogP contribution in [0.5, 0.6) is 5.75 Å². The zero-order valence-corrected chi connectivity index (χ0v) is 16.1. The largest absolute Gasteiger partial charge is 0.493 e. The number of benzene rings is 1. The molecule has 1 aliphatic heterocycles. The van der Waals surface area contributed by atoms with Crippen molar-refractivity contribution >= 4 is 17.6 Å². The summed E-state index contributed by atoms with van der Waals surface area (Å²) in [6, 6.07) is 9.23. The molecular weight excluding hydrogens is 374 g/mol. The summed E-state index contributed by atoms with van der Waals surface area (Å²) in [7, 11) is 1.57. The number of ether oxygens (including phenoxy) is 3. The van der Waals surface area contributed by atoms with Gasteiger partial charge in [0.1, 0.15) is 12.0 Å². The smallest absolute Gasteiger partial charge is 0.338 e. The number of pyridine rings is 1. The van der Waals surface area contributed by atoms with Crippen LogP contribution in [0.2, 0.25) is 0 Å². The van der Waals surface area contributed by atoms with E-state index in [1.54, 1.807) is 24.6 Å². The van der Waals surface area contributed by atoms with Gasteiger partial charge in [0.25, 0.3) is 0 Å². The Morgan fingerprint density at radius 1 is 1.28 bits per heavy atom. The van der Waals surface area contributed by atoms with Crippen molar-refractivity contribution in [3.63, 3.8) is 0 Å². The summed E-state index contributed by atoms with van der Waals surface area (Å²) < 4.78 is 17.5. The Hall–Kier alpha value is -3.42. The van der Waals surface area contributed by atoms with E-state index in [0.29, 0.717) is 42.2 Å². The van der Waals surface area contributed by atoms with Gasteiger partial charge in [-0.15, -0.1) is 5.10 Å². The number of carbonyl (C=O) groups excluding carboxylic acids is 2. The number of rotatable bonds is 5. The average molecular weight is 393 g/mol. The Kier molecular flexibility index (Phi) is 3.84. The van der Waals surface area contributed by atoms with Crippen LogP contribution < -0.4 is 4.74 Å². The normalized spacial score (nSPS) is 16.4. The molecular formula is C21H19N3O5. The van der Waals surface area contributed by atoms with Crippen molar-refractivity contribution in [2.75, 3.05) is 13.7 Å². The van der Waals surface area contributed by atoms with E-state index in [4.69, 9.17) is 14.2 Å². The van der Waals surface area contributed by atoms with Gasteiger partial charge in [-0.05, 0) is 44.0 Å². The van der Waals surface area contributed by atoms with Crippen molar-refractivity contribution in [2.45, 2.75) is 31.8 Å². The van der Waals surface area contributed by atoms with Crippen LogP contribution >= 0.6 is 0 Å². The summed E-state index contributed by atoms with van der Waals surface area (Å²) >= 11 is 0. The van der Waals surface area contributed by atoms with Gasteiger partial charge in [-0.2, -0.15) is 0 Å². The lowest BCUT2D eigenvalue weighted by Gasteiger charge is -2.09. The monoisotopic (exact) mass is 393 g/mol. The fraction of sp³-hybridized carbons (Fsp3) is 0.333. The minimum Gasteiger partial charge on any atom is -0.493 e. The second kappa shape index (κ2) is 6.30. The zero-order valence-electron chi connectivity index (χ0n) is 16.1. The van der Waals surface area contributed by atoms with E-state index in [9.17, 15) is 9.59 Å². The van der Waals surface area contributed by atoms with Crippen LogP contribution in [0.3, 0.4) is 0 Å². The lowest BCUT2D eigenvalue weighted by Crippen LogP contribution is -2.24. The third-order valence-corrected chi connectivity index (χ3v) is 5.49. The number of aromatic nitrogens is 3. The highest BCUT2D eigenvalue weighted by Gasteiger charge is 2.56. The van der Waals surface area contributed by atoms with E-state index in [1.165, 1.54) is 0 Å². The Bertz CT molecular complexity index is 1160. The van der Waals surface area contributed by atoms with Crippen LogP contribution in [0.4, 0.5) is 0 Å². The van der Waals surface area contributed by atoms with E-state index < -0.39 is 5.41 Å². The van der Waals surface area contributed by atoms with Crippen molar-refractivity contribution in [3.8, 4) is 17.0 Å². The second-order valence-electron chi connectivity index (χ2n) is 7.21. The highest BCUT2D eigenvalue weighted by molar-refractivity contribution is 5.94. The topological polar surface area (TPSA) is 92.0 Å². The van der Waals surface area contributed by atoms with Crippen molar-refractivity contribution in [2.24, 2.45) is 0 Å². The summed E-state index contributed by atoms with van der Waals surface area (Å²) in [5, 5.41) is 4.67. The van der Waals surface area contributed by atoms with E-state index in [1.807, 2.05) is 24.3 Å². The SMILES string of the molecule is CCOC(=O)C1(c2nc3c(OC)ccc(-c4ccc5c(c4)COC5=O)n3n2)CC1. The van der Waals surface area contributed by atoms with Crippen LogP contribution in [0.1, 0.15) is 41.5 Å². The summed E-state index contributed by atoms with van der Waals surface area (Å²) in [4.78, 5) is 28.9. The number of carbonyl (C=O) groups is 2. The Morgan fingerprint density at radius 2 is 2.10 bits per heavy atom. The molecule has 0 amide bonds. The molecule has 1 aliphatic carbocycles. The fourth-order valence-corrected chi connectivity index (χ4v) is 3.73. The lowest BCUT2D eigenvalue weighted by molar-refractivity contribution is -0.146. The van der Waals surface area contributed by atoms with Crippen molar-refractivity contribution < 1.29 is 23.8 Å².